The van der Waals surface area contributed by atoms with Crippen molar-refractivity contribution in [3.63, 3.8) is 0 Å². The third-order valence-electron chi connectivity index (χ3n) is 2.39. The van der Waals surface area contributed by atoms with Gasteiger partial charge in [-0.3, -0.25) is 4.79 Å². The van der Waals surface area contributed by atoms with Crippen molar-refractivity contribution in [3.05, 3.63) is 6.33 Å². The van der Waals surface area contributed by atoms with Crippen LogP contribution in [0.15, 0.2) is 11.5 Å². The van der Waals surface area contributed by atoms with Crippen LogP contribution in [0.1, 0.15) is 19.8 Å². The van der Waals surface area contributed by atoms with Gasteiger partial charge in [0.05, 0.1) is 7.11 Å². The summed E-state index contributed by atoms with van der Waals surface area (Å²) in [6.07, 6.45) is 2.92. The molecule has 0 saturated carbocycles. The second-order valence-corrected chi connectivity index (χ2v) is 5.09. The standard InChI is InChI=1S/C10H18N4O2S/c1-10(11,8(15)16-3)5-4-6-17-9-12-7-13-14(9)2/h7H,4-6,11H2,1-3H3. The first-order valence-electron chi connectivity index (χ1n) is 5.31. The first-order chi connectivity index (χ1) is 7.97. The third-order valence-corrected chi connectivity index (χ3v) is 3.51. The van der Waals surface area contributed by atoms with E-state index in [0.29, 0.717) is 6.42 Å². The number of aromatic nitrogens is 3. The Morgan fingerprint density at radius 2 is 2.41 bits per heavy atom. The van der Waals surface area contributed by atoms with Gasteiger partial charge in [0, 0.05) is 12.8 Å². The summed E-state index contributed by atoms with van der Waals surface area (Å²) in [7, 11) is 3.19. The van der Waals surface area contributed by atoms with E-state index in [1.165, 1.54) is 13.4 Å². The minimum absolute atomic E-state index is 0.374. The molecule has 1 atom stereocenters. The average Bonchev–Trinajstić information content (AvgIpc) is 2.69. The molecule has 0 spiro atoms. The number of aryl methyl sites for hydroxylation is 1. The molecule has 1 aromatic rings. The lowest BCUT2D eigenvalue weighted by Crippen LogP contribution is -2.45. The number of ether oxygens (including phenoxy) is 1. The molecule has 1 aromatic heterocycles. The van der Waals surface area contributed by atoms with E-state index in [-0.39, 0.29) is 5.97 Å². The van der Waals surface area contributed by atoms with Gasteiger partial charge in [0.25, 0.3) is 0 Å². The summed E-state index contributed by atoms with van der Waals surface area (Å²) in [6, 6.07) is 0. The molecule has 0 amide bonds. The van der Waals surface area contributed by atoms with Gasteiger partial charge in [-0.25, -0.2) is 9.67 Å². The van der Waals surface area contributed by atoms with Gasteiger partial charge in [-0.15, -0.1) is 0 Å². The Morgan fingerprint density at radius 3 is 2.94 bits per heavy atom. The Morgan fingerprint density at radius 1 is 1.71 bits per heavy atom. The van der Waals surface area contributed by atoms with E-state index in [1.54, 1.807) is 23.4 Å². The minimum atomic E-state index is -0.908. The lowest BCUT2D eigenvalue weighted by atomic mass is 9.98. The number of esters is 1. The molecule has 0 aromatic carbocycles. The zero-order chi connectivity index (χ0) is 12.9. The number of hydrogen-bond donors (Lipinski definition) is 1. The van der Waals surface area contributed by atoms with Crippen molar-refractivity contribution >= 4 is 17.7 Å². The van der Waals surface area contributed by atoms with Crippen molar-refractivity contribution in [2.24, 2.45) is 12.8 Å². The smallest absolute Gasteiger partial charge is 0.325 e. The van der Waals surface area contributed by atoms with E-state index >= 15 is 0 Å². The Hall–Kier alpha value is -1.08. The fourth-order valence-electron chi connectivity index (χ4n) is 1.35. The zero-order valence-electron chi connectivity index (χ0n) is 10.3. The van der Waals surface area contributed by atoms with Gasteiger partial charge >= 0.3 is 5.97 Å². The number of carbonyl (C=O) groups is 1. The van der Waals surface area contributed by atoms with E-state index < -0.39 is 5.54 Å². The van der Waals surface area contributed by atoms with Crippen molar-refractivity contribution in [1.29, 1.82) is 0 Å². The monoisotopic (exact) mass is 258 g/mol. The molecule has 0 aliphatic rings. The molecular weight excluding hydrogens is 240 g/mol. The van der Waals surface area contributed by atoms with E-state index in [9.17, 15) is 4.79 Å². The molecule has 7 heteroatoms. The molecule has 2 N–H and O–H groups in total. The second kappa shape index (κ2) is 6.02. The molecule has 96 valence electrons. The third kappa shape index (κ3) is 4.01. The first kappa shape index (κ1) is 14.0. The number of rotatable bonds is 6. The summed E-state index contributed by atoms with van der Waals surface area (Å²) in [5.41, 5.74) is 4.94. The predicted molar refractivity (Wildman–Crippen MR) is 65.6 cm³/mol. The van der Waals surface area contributed by atoms with Crippen LogP contribution in [-0.4, -0.2) is 39.1 Å². The van der Waals surface area contributed by atoms with Gasteiger partial charge in [0.2, 0.25) is 0 Å². The van der Waals surface area contributed by atoms with E-state index in [2.05, 4.69) is 14.8 Å². The molecule has 6 nitrogen and oxygen atoms in total. The molecule has 0 radical (unpaired) electrons. The summed E-state index contributed by atoms with van der Waals surface area (Å²) in [5.74, 6) is 0.470. The van der Waals surface area contributed by atoms with Gasteiger partial charge in [-0.05, 0) is 19.8 Å². The molecule has 0 aliphatic carbocycles. The van der Waals surface area contributed by atoms with E-state index in [4.69, 9.17) is 5.73 Å². The highest BCUT2D eigenvalue weighted by atomic mass is 32.2. The lowest BCUT2D eigenvalue weighted by Gasteiger charge is -2.20. The summed E-state index contributed by atoms with van der Waals surface area (Å²) in [4.78, 5) is 15.4. The molecule has 1 heterocycles. The Labute approximate surface area is 105 Å². The van der Waals surface area contributed by atoms with Crippen LogP contribution in [-0.2, 0) is 16.6 Å². The normalized spacial score (nSPS) is 14.4. The Balaban J connectivity index is 2.29. The first-order valence-corrected chi connectivity index (χ1v) is 6.30. The van der Waals surface area contributed by atoms with Gasteiger partial charge in [-0.1, -0.05) is 11.8 Å². The quantitative estimate of drug-likeness (QED) is 0.456. The van der Waals surface area contributed by atoms with Crippen LogP contribution in [0.5, 0.6) is 0 Å². The fraction of sp³-hybridized carbons (Fsp3) is 0.700. The lowest BCUT2D eigenvalue weighted by molar-refractivity contribution is -0.146. The maximum absolute atomic E-state index is 11.3. The SMILES string of the molecule is COC(=O)C(C)(N)CCCSc1ncnn1C. The van der Waals surface area contributed by atoms with Crippen LogP contribution in [0.4, 0.5) is 0 Å². The molecule has 17 heavy (non-hydrogen) atoms. The molecule has 0 fully saturated rings. The van der Waals surface area contributed by atoms with Gasteiger partial charge < -0.3 is 10.5 Å². The molecule has 0 aliphatic heterocycles. The number of nitrogens with zero attached hydrogens (tertiary/aromatic N) is 3. The van der Waals surface area contributed by atoms with E-state index in [1.807, 2.05) is 7.05 Å². The van der Waals surface area contributed by atoms with Crippen LogP contribution >= 0.6 is 11.8 Å². The fourth-order valence-corrected chi connectivity index (χ4v) is 2.18. The van der Waals surface area contributed by atoms with Crippen molar-refractivity contribution in [2.45, 2.75) is 30.5 Å². The zero-order valence-corrected chi connectivity index (χ0v) is 11.2. The summed E-state index contributed by atoms with van der Waals surface area (Å²) in [5, 5.41) is 4.83. The molecule has 0 saturated heterocycles. The van der Waals surface area contributed by atoms with Crippen LogP contribution in [0.2, 0.25) is 0 Å². The highest BCUT2D eigenvalue weighted by Crippen LogP contribution is 2.18. The largest absolute Gasteiger partial charge is 0.468 e. The van der Waals surface area contributed by atoms with Crippen molar-refractivity contribution in [2.75, 3.05) is 12.9 Å². The summed E-state index contributed by atoms with van der Waals surface area (Å²) >= 11 is 1.60. The maximum atomic E-state index is 11.3. The highest BCUT2D eigenvalue weighted by molar-refractivity contribution is 7.99. The molecule has 0 bridgehead atoms. The van der Waals surface area contributed by atoms with E-state index in [0.717, 1.165) is 17.3 Å². The number of hydrogen-bond acceptors (Lipinski definition) is 6. The van der Waals surface area contributed by atoms with Gasteiger partial charge in [0.1, 0.15) is 11.9 Å². The minimum Gasteiger partial charge on any atom is -0.468 e. The maximum Gasteiger partial charge on any atom is 0.325 e. The average molecular weight is 258 g/mol. The number of thioether (sulfide) groups is 1. The number of carbonyl (C=O) groups excluding carboxylic acids is 1. The van der Waals surface area contributed by atoms with Crippen LogP contribution in [0, 0.1) is 0 Å². The molecular formula is C10H18N4O2S. The highest BCUT2D eigenvalue weighted by Gasteiger charge is 2.28. The van der Waals surface area contributed by atoms with Crippen molar-refractivity contribution < 1.29 is 9.53 Å². The van der Waals surface area contributed by atoms with Crippen LogP contribution < -0.4 is 5.73 Å². The second-order valence-electron chi connectivity index (χ2n) is 4.03. The van der Waals surface area contributed by atoms with Gasteiger partial charge in [-0.2, -0.15) is 5.10 Å². The van der Waals surface area contributed by atoms with Crippen LogP contribution in [0.3, 0.4) is 0 Å². The van der Waals surface area contributed by atoms with Crippen molar-refractivity contribution in [1.82, 2.24) is 14.8 Å². The summed E-state index contributed by atoms with van der Waals surface area (Å²) < 4.78 is 6.35. The number of nitrogens with two attached hydrogens (primary N) is 1. The molecule has 1 rings (SSSR count). The summed E-state index contributed by atoms with van der Waals surface area (Å²) in [6.45, 7) is 1.69. The Bertz CT molecular complexity index is 378. The van der Waals surface area contributed by atoms with Crippen LogP contribution in [0.25, 0.3) is 0 Å². The number of methoxy groups -OCH3 is 1. The topological polar surface area (TPSA) is 83.0 Å². The predicted octanol–water partition coefficient (Wildman–Crippen LogP) is 0.578. The Kier molecular flexibility index (Phi) is 4.95. The molecule has 1 unspecified atom stereocenters. The van der Waals surface area contributed by atoms with Gasteiger partial charge in [0.15, 0.2) is 5.16 Å². The van der Waals surface area contributed by atoms with Crippen molar-refractivity contribution in [3.8, 4) is 0 Å².